The van der Waals surface area contributed by atoms with Gasteiger partial charge < -0.3 is 4.74 Å². The lowest BCUT2D eigenvalue weighted by molar-refractivity contribution is -0.141. The first-order valence-corrected chi connectivity index (χ1v) is 4.63. The number of hydrogen-bond acceptors (Lipinski definition) is 3. The summed E-state index contributed by atoms with van der Waals surface area (Å²) >= 11 is 3.14. The third-order valence-corrected chi connectivity index (χ3v) is 1.64. The molecule has 0 rings (SSSR count). The zero-order valence-corrected chi connectivity index (χ0v) is 8.68. The van der Waals surface area contributed by atoms with Crippen LogP contribution in [0.4, 0.5) is 0 Å². The number of alkyl halides is 1. The maximum Gasteiger partial charge on any atom is 0.318 e. The zero-order chi connectivity index (χ0) is 9.56. The molecule has 0 unspecified atom stereocenters. The quantitative estimate of drug-likeness (QED) is 0.323. The summed E-state index contributed by atoms with van der Waals surface area (Å²) in [5.74, 6) is -0.165. The molecule has 4 heteroatoms. The molecule has 0 bridgehead atoms. The van der Waals surface area contributed by atoms with Crippen LogP contribution in [0.1, 0.15) is 20.3 Å². The highest BCUT2D eigenvalue weighted by Gasteiger charge is 2.07. The molecule has 0 saturated carbocycles. The van der Waals surface area contributed by atoms with E-state index in [1.807, 2.05) is 0 Å². The lowest BCUT2D eigenvalue weighted by atomic mass is 10.3. The third-order valence-electron chi connectivity index (χ3n) is 1.09. The van der Waals surface area contributed by atoms with Crippen molar-refractivity contribution in [2.45, 2.75) is 20.3 Å². The van der Waals surface area contributed by atoms with E-state index >= 15 is 0 Å². The van der Waals surface area contributed by atoms with E-state index in [4.69, 9.17) is 4.74 Å². The van der Waals surface area contributed by atoms with Gasteiger partial charge in [0.2, 0.25) is 0 Å². The topological polar surface area (TPSA) is 43.4 Å². The Kier molecular flexibility index (Phi) is 5.62. The van der Waals surface area contributed by atoms with Gasteiger partial charge in [-0.25, -0.2) is 0 Å². The molecule has 12 heavy (non-hydrogen) atoms. The van der Waals surface area contributed by atoms with E-state index < -0.39 is 5.97 Å². The second-order valence-electron chi connectivity index (χ2n) is 2.24. The average Bonchev–Trinajstić information content (AvgIpc) is 1.98. The predicted octanol–water partition coefficient (Wildman–Crippen LogP) is 1.81. The minimum atomic E-state index is -0.505. The number of halogens is 1. The molecule has 0 aliphatic heterocycles. The smallest absolute Gasteiger partial charge is 0.318 e. The number of carbonyl (C=O) groups is 2. The number of ketones is 1. The molecule has 0 aromatic rings. The van der Waals surface area contributed by atoms with Crippen molar-refractivity contribution < 1.29 is 14.3 Å². The fourth-order valence-electron chi connectivity index (χ4n) is 0.549. The fourth-order valence-corrected chi connectivity index (χ4v) is 0.987. The largest absolute Gasteiger partial charge is 0.430 e. The van der Waals surface area contributed by atoms with Crippen molar-refractivity contribution in [3.8, 4) is 0 Å². The molecule has 0 aromatic heterocycles. The van der Waals surface area contributed by atoms with Crippen LogP contribution in [0.3, 0.4) is 0 Å². The standard InChI is InChI=1S/C8H11BrO3/c1-3-7(5-9)12-8(11)4-6(2)10/h3H,4-5H2,1-2H3/b7-3+. The molecule has 0 amide bonds. The summed E-state index contributed by atoms with van der Waals surface area (Å²) in [6, 6.07) is 0. The summed E-state index contributed by atoms with van der Waals surface area (Å²) < 4.78 is 4.81. The highest BCUT2D eigenvalue weighted by molar-refractivity contribution is 9.09. The van der Waals surface area contributed by atoms with Crippen LogP contribution in [-0.2, 0) is 14.3 Å². The van der Waals surface area contributed by atoms with Gasteiger partial charge in [0.1, 0.15) is 18.0 Å². The van der Waals surface area contributed by atoms with Gasteiger partial charge in [0.25, 0.3) is 0 Å². The molecular formula is C8H11BrO3. The van der Waals surface area contributed by atoms with Gasteiger partial charge in [0.15, 0.2) is 0 Å². The molecule has 0 spiro atoms. The summed E-state index contributed by atoms with van der Waals surface area (Å²) in [4.78, 5) is 21.4. The van der Waals surface area contributed by atoms with Gasteiger partial charge in [-0.15, -0.1) is 0 Å². The number of Topliss-reactive ketones (excluding diaryl/α,β-unsaturated/α-hetero) is 1. The van der Waals surface area contributed by atoms with Crippen molar-refractivity contribution in [1.82, 2.24) is 0 Å². The van der Waals surface area contributed by atoms with Crippen molar-refractivity contribution in [3.63, 3.8) is 0 Å². The minimum Gasteiger partial charge on any atom is -0.430 e. The predicted molar refractivity (Wildman–Crippen MR) is 48.9 cm³/mol. The van der Waals surface area contributed by atoms with E-state index in [1.165, 1.54) is 6.92 Å². The Morgan fingerprint density at radius 2 is 2.08 bits per heavy atom. The van der Waals surface area contributed by atoms with Crippen LogP contribution in [0.25, 0.3) is 0 Å². The van der Waals surface area contributed by atoms with E-state index in [-0.39, 0.29) is 12.2 Å². The normalized spacial score (nSPS) is 11.1. The fraction of sp³-hybridized carbons (Fsp3) is 0.500. The van der Waals surface area contributed by atoms with E-state index in [1.54, 1.807) is 13.0 Å². The molecule has 0 aliphatic rings. The first-order chi connectivity index (χ1) is 5.60. The van der Waals surface area contributed by atoms with Gasteiger partial charge in [-0.3, -0.25) is 9.59 Å². The summed E-state index contributed by atoms with van der Waals surface area (Å²) in [5.41, 5.74) is 0. The molecule has 68 valence electrons. The van der Waals surface area contributed by atoms with Gasteiger partial charge in [0.05, 0.1) is 5.33 Å². The molecule has 0 fully saturated rings. The van der Waals surface area contributed by atoms with Crippen molar-refractivity contribution in [2.75, 3.05) is 5.33 Å². The highest BCUT2D eigenvalue weighted by atomic mass is 79.9. The monoisotopic (exact) mass is 234 g/mol. The van der Waals surface area contributed by atoms with Gasteiger partial charge >= 0.3 is 5.97 Å². The molecule has 0 radical (unpaired) electrons. The number of hydrogen-bond donors (Lipinski definition) is 0. The maximum atomic E-state index is 10.9. The number of ether oxygens (including phenoxy) is 1. The SMILES string of the molecule is C/C=C(\CBr)OC(=O)CC(C)=O. The lowest BCUT2D eigenvalue weighted by Gasteiger charge is -2.03. The average molecular weight is 235 g/mol. The van der Waals surface area contributed by atoms with Crippen molar-refractivity contribution in [2.24, 2.45) is 0 Å². The minimum absolute atomic E-state index is 0.162. The first-order valence-electron chi connectivity index (χ1n) is 3.51. The number of allylic oxidation sites excluding steroid dienone is 2. The third kappa shape index (κ3) is 5.07. The van der Waals surface area contributed by atoms with Crippen LogP contribution in [0.15, 0.2) is 11.8 Å². The lowest BCUT2D eigenvalue weighted by Crippen LogP contribution is -2.09. The van der Waals surface area contributed by atoms with E-state index in [2.05, 4.69) is 15.9 Å². The highest BCUT2D eigenvalue weighted by Crippen LogP contribution is 2.03. The van der Waals surface area contributed by atoms with Crippen molar-refractivity contribution >= 4 is 27.7 Å². The Hall–Kier alpha value is -0.640. The molecular weight excluding hydrogens is 224 g/mol. The summed E-state index contributed by atoms with van der Waals surface area (Å²) in [6.07, 6.45) is 1.51. The van der Waals surface area contributed by atoms with Crippen LogP contribution in [0.2, 0.25) is 0 Å². The summed E-state index contributed by atoms with van der Waals surface area (Å²) in [5, 5.41) is 0.479. The molecule has 0 saturated heterocycles. The van der Waals surface area contributed by atoms with Gasteiger partial charge in [-0.05, 0) is 19.9 Å². The number of esters is 1. The van der Waals surface area contributed by atoms with Crippen LogP contribution in [0, 0.1) is 0 Å². The van der Waals surface area contributed by atoms with E-state index in [0.717, 1.165) is 0 Å². The van der Waals surface area contributed by atoms with Gasteiger partial charge in [-0.2, -0.15) is 0 Å². The van der Waals surface area contributed by atoms with Crippen LogP contribution >= 0.6 is 15.9 Å². The Morgan fingerprint density at radius 1 is 1.50 bits per heavy atom. The summed E-state index contributed by atoms with van der Waals surface area (Å²) in [7, 11) is 0. The Labute approximate surface area is 79.9 Å². The van der Waals surface area contributed by atoms with E-state index in [0.29, 0.717) is 11.1 Å². The number of carbonyl (C=O) groups excluding carboxylic acids is 2. The Balaban J connectivity index is 3.91. The maximum absolute atomic E-state index is 10.9. The second-order valence-corrected chi connectivity index (χ2v) is 2.80. The molecule has 3 nitrogen and oxygen atoms in total. The first kappa shape index (κ1) is 11.4. The Morgan fingerprint density at radius 3 is 2.42 bits per heavy atom. The van der Waals surface area contributed by atoms with Gasteiger partial charge in [0, 0.05) is 0 Å². The van der Waals surface area contributed by atoms with Crippen LogP contribution in [0.5, 0.6) is 0 Å². The molecule has 0 N–H and O–H groups in total. The van der Waals surface area contributed by atoms with Crippen LogP contribution < -0.4 is 0 Å². The zero-order valence-electron chi connectivity index (χ0n) is 7.09. The summed E-state index contributed by atoms with van der Waals surface area (Å²) in [6.45, 7) is 3.11. The Bertz CT molecular complexity index is 208. The van der Waals surface area contributed by atoms with E-state index in [9.17, 15) is 9.59 Å². The van der Waals surface area contributed by atoms with Crippen molar-refractivity contribution in [1.29, 1.82) is 0 Å². The number of rotatable bonds is 4. The van der Waals surface area contributed by atoms with Crippen LogP contribution in [-0.4, -0.2) is 17.1 Å². The molecule has 0 atom stereocenters. The molecule has 0 aromatic carbocycles. The second kappa shape index (κ2) is 5.94. The van der Waals surface area contributed by atoms with Gasteiger partial charge in [-0.1, -0.05) is 15.9 Å². The molecule has 0 heterocycles. The molecule has 0 aliphatic carbocycles. The van der Waals surface area contributed by atoms with Crippen molar-refractivity contribution in [3.05, 3.63) is 11.8 Å².